The maximum Gasteiger partial charge on any atom is 0.285 e. The molecule has 0 spiro atoms. The number of hydrogen-bond donors (Lipinski definition) is 3. The lowest BCUT2D eigenvalue weighted by molar-refractivity contribution is -0.385. The van der Waals surface area contributed by atoms with Crippen molar-refractivity contribution >= 4 is 17.3 Å². The maximum atomic E-state index is 13.6. The van der Waals surface area contributed by atoms with E-state index in [0.717, 1.165) is 12.1 Å². The fourth-order valence-electron chi connectivity index (χ4n) is 1.74. The minimum Gasteiger partial charge on any atom is -0.386 e. The summed E-state index contributed by atoms with van der Waals surface area (Å²) >= 11 is 0. The molecule has 0 bridgehead atoms. The van der Waals surface area contributed by atoms with E-state index < -0.39 is 22.3 Å². The molecule has 0 aliphatic rings. The minimum absolute atomic E-state index is 0.00675. The Kier molecular flexibility index (Phi) is 4.12. The Morgan fingerprint density at radius 2 is 2.29 bits per heavy atom. The van der Waals surface area contributed by atoms with Crippen LogP contribution in [0, 0.1) is 15.9 Å². The molecule has 0 unspecified atom stereocenters. The van der Waals surface area contributed by atoms with Gasteiger partial charge in [0.15, 0.2) is 5.82 Å². The van der Waals surface area contributed by atoms with Gasteiger partial charge in [-0.2, -0.15) is 0 Å². The number of carbonyl (C=O) groups is 1. The molecule has 2 aromatic rings. The number of H-pyrrole nitrogens is 1. The first kappa shape index (κ1) is 14.4. The second kappa shape index (κ2) is 5.99. The quantitative estimate of drug-likeness (QED) is 0.570. The van der Waals surface area contributed by atoms with Crippen LogP contribution < -0.4 is 10.6 Å². The number of nitro benzene ring substituents is 1. The fraction of sp³-hybridized carbons (Fsp3) is 0.167. The molecule has 3 N–H and O–H groups in total. The molecule has 0 atom stereocenters. The van der Waals surface area contributed by atoms with Gasteiger partial charge in [0.1, 0.15) is 5.56 Å². The van der Waals surface area contributed by atoms with Crippen molar-refractivity contribution in [2.24, 2.45) is 0 Å². The third-order valence-electron chi connectivity index (χ3n) is 2.79. The monoisotopic (exact) mass is 293 g/mol. The van der Waals surface area contributed by atoms with Crippen LogP contribution in [0.4, 0.5) is 15.8 Å². The summed E-state index contributed by atoms with van der Waals surface area (Å²) in [4.78, 5) is 28.7. The van der Waals surface area contributed by atoms with E-state index >= 15 is 0 Å². The highest BCUT2D eigenvalue weighted by Crippen LogP contribution is 2.25. The van der Waals surface area contributed by atoms with Crippen LogP contribution in [0.15, 0.2) is 24.7 Å². The number of halogens is 1. The third-order valence-corrected chi connectivity index (χ3v) is 2.79. The lowest BCUT2D eigenvalue weighted by Gasteiger charge is -2.08. The molecule has 1 heterocycles. The van der Waals surface area contributed by atoms with Gasteiger partial charge in [-0.15, -0.1) is 0 Å². The van der Waals surface area contributed by atoms with Gasteiger partial charge in [0.25, 0.3) is 11.6 Å². The van der Waals surface area contributed by atoms with Crippen LogP contribution in [0.25, 0.3) is 0 Å². The van der Waals surface area contributed by atoms with E-state index in [2.05, 4.69) is 20.6 Å². The van der Waals surface area contributed by atoms with Gasteiger partial charge in [0, 0.05) is 13.2 Å². The molecular weight excluding hydrogens is 281 g/mol. The van der Waals surface area contributed by atoms with Crippen molar-refractivity contribution in [1.29, 1.82) is 0 Å². The number of nitro groups is 1. The Bertz CT molecular complexity index is 672. The molecule has 21 heavy (non-hydrogen) atoms. The molecule has 0 radical (unpaired) electrons. The van der Waals surface area contributed by atoms with Crippen LogP contribution in [-0.4, -0.2) is 27.8 Å². The molecule has 0 fully saturated rings. The van der Waals surface area contributed by atoms with E-state index in [1.165, 1.54) is 19.6 Å². The van der Waals surface area contributed by atoms with Gasteiger partial charge < -0.3 is 15.6 Å². The minimum atomic E-state index is -0.798. The van der Waals surface area contributed by atoms with Gasteiger partial charge in [-0.3, -0.25) is 14.9 Å². The molecule has 1 amide bonds. The molecular formula is C12H12FN5O3. The van der Waals surface area contributed by atoms with E-state index in [9.17, 15) is 19.3 Å². The van der Waals surface area contributed by atoms with Gasteiger partial charge in [0.05, 0.1) is 35.2 Å². The van der Waals surface area contributed by atoms with Gasteiger partial charge in [0.2, 0.25) is 0 Å². The van der Waals surface area contributed by atoms with E-state index in [-0.39, 0.29) is 17.8 Å². The zero-order chi connectivity index (χ0) is 15.4. The zero-order valence-electron chi connectivity index (χ0n) is 11.0. The summed E-state index contributed by atoms with van der Waals surface area (Å²) in [6, 6.07) is 1.83. The molecule has 0 aliphatic heterocycles. The average molecular weight is 293 g/mol. The number of rotatable bonds is 5. The van der Waals surface area contributed by atoms with Crippen molar-refractivity contribution in [1.82, 2.24) is 15.3 Å². The van der Waals surface area contributed by atoms with E-state index in [1.54, 1.807) is 0 Å². The number of benzene rings is 1. The van der Waals surface area contributed by atoms with Crippen molar-refractivity contribution in [3.63, 3.8) is 0 Å². The number of amides is 1. The summed E-state index contributed by atoms with van der Waals surface area (Å²) in [6.45, 7) is 0.127. The van der Waals surface area contributed by atoms with Crippen LogP contribution in [0.3, 0.4) is 0 Å². The van der Waals surface area contributed by atoms with Crippen LogP contribution in [0.2, 0.25) is 0 Å². The Morgan fingerprint density at radius 1 is 1.52 bits per heavy atom. The molecule has 8 nitrogen and oxygen atoms in total. The number of nitrogens with one attached hydrogen (secondary N) is 3. The number of nitrogens with zero attached hydrogens (tertiary/aromatic N) is 2. The second-order valence-corrected chi connectivity index (χ2v) is 4.12. The van der Waals surface area contributed by atoms with Gasteiger partial charge >= 0.3 is 0 Å². The first-order valence-corrected chi connectivity index (χ1v) is 5.94. The number of imidazole rings is 1. The summed E-state index contributed by atoms with van der Waals surface area (Å²) in [6.07, 6.45) is 2.96. The first-order valence-electron chi connectivity index (χ1n) is 5.94. The van der Waals surface area contributed by atoms with E-state index in [4.69, 9.17) is 0 Å². The first-order chi connectivity index (χ1) is 10.0. The van der Waals surface area contributed by atoms with E-state index in [0.29, 0.717) is 5.69 Å². The highest BCUT2D eigenvalue weighted by Gasteiger charge is 2.23. The normalized spacial score (nSPS) is 10.2. The molecule has 9 heteroatoms. The summed E-state index contributed by atoms with van der Waals surface area (Å²) in [5.41, 5.74) is -0.159. The average Bonchev–Trinajstić information content (AvgIpc) is 2.97. The smallest absolute Gasteiger partial charge is 0.285 e. The van der Waals surface area contributed by atoms with Crippen LogP contribution in [-0.2, 0) is 6.54 Å². The number of carbonyl (C=O) groups excluding carboxylic acids is 1. The highest BCUT2D eigenvalue weighted by atomic mass is 19.1. The molecule has 110 valence electrons. The van der Waals surface area contributed by atoms with Crippen LogP contribution in [0.5, 0.6) is 0 Å². The summed E-state index contributed by atoms with van der Waals surface area (Å²) in [5.74, 6) is -1.47. The topological polar surface area (TPSA) is 113 Å². The lowest BCUT2D eigenvalue weighted by Crippen LogP contribution is -2.24. The predicted octanol–water partition coefficient (Wildman–Crippen LogP) is 1.43. The number of aromatic amines is 1. The number of aromatic nitrogens is 2. The van der Waals surface area contributed by atoms with Crippen molar-refractivity contribution in [3.8, 4) is 0 Å². The second-order valence-electron chi connectivity index (χ2n) is 4.12. The standard InChI is InChI=1S/C12H12FN5O3/c1-14-10-2-8(11(18(20)21)3-9(10)13)12(19)16-5-7-4-15-6-17-7/h2-4,6,14H,5H2,1H3,(H,15,17)(H,16,19). The number of anilines is 1. The van der Waals surface area contributed by atoms with Gasteiger partial charge in [-0.05, 0) is 6.07 Å². The molecule has 0 saturated heterocycles. The fourth-order valence-corrected chi connectivity index (χ4v) is 1.74. The molecule has 1 aromatic carbocycles. The SMILES string of the molecule is CNc1cc(C(=O)NCc2cnc[nH]2)c([N+](=O)[O-])cc1F. The third kappa shape index (κ3) is 3.14. The molecule has 1 aromatic heterocycles. The summed E-state index contributed by atoms with van der Waals surface area (Å²) in [5, 5.41) is 16.0. The van der Waals surface area contributed by atoms with Crippen molar-refractivity contribution in [2.45, 2.75) is 6.54 Å². The predicted molar refractivity (Wildman–Crippen MR) is 72.4 cm³/mol. The Labute approximate surface area is 118 Å². The van der Waals surface area contributed by atoms with Gasteiger partial charge in [-0.1, -0.05) is 0 Å². The molecule has 0 saturated carbocycles. The number of hydrogen-bond acceptors (Lipinski definition) is 5. The van der Waals surface area contributed by atoms with E-state index in [1.807, 2.05) is 0 Å². The van der Waals surface area contributed by atoms with Gasteiger partial charge in [-0.25, -0.2) is 9.37 Å². The summed E-state index contributed by atoms with van der Waals surface area (Å²) < 4.78 is 13.6. The lowest BCUT2D eigenvalue weighted by atomic mass is 10.1. The summed E-state index contributed by atoms with van der Waals surface area (Å²) in [7, 11) is 1.45. The Balaban J connectivity index is 2.27. The maximum absolute atomic E-state index is 13.6. The molecule has 0 aliphatic carbocycles. The van der Waals surface area contributed by atoms with Crippen LogP contribution in [0.1, 0.15) is 16.1 Å². The Morgan fingerprint density at radius 3 is 2.86 bits per heavy atom. The van der Waals surface area contributed by atoms with Crippen molar-refractivity contribution < 1.29 is 14.1 Å². The van der Waals surface area contributed by atoms with Crippen molar-refractivity contribution in [2.75, 3.05) is 12.4 Å². The largest absolute Gasteiger partial charge is 0.386 e. The zero-order valence-corrected chi connectivity index (χ0v) is 11.0. The molecule has 2 rings (SSSR count). The van der Waals surface area contributed by atoms with Crippen molar-refractivity contribution in [3.05, 3.63) is 51.8 Å². The Hall–Kier alpha value is -2.97. The van der Waals surface area contributed by atoms with Crippen LogP contribution >= 0.6 is 0 Å². The highest BCUT2D eigenvalue weighted by molar-refractivity contribution is 5.99.